The predicted octanol–water partition coefficient (Wildman–Crippen LogP) is 4.72. The first-order valence-electron chi connectivity index (χ1n) is 11.4. The van der Waals surface area contributed by atoms with Crippen molar-refractivity contribution in [2.45, 2.75) is 69.7 Å². The van der Waals surface area contributed by atoms with Crippen molar-refractivity contribution in [3.63, 3.8) is 0 Å². The molecule has 4 bridgehead atoms. The summed E-state index contributed by atoms with van der Waals surface area (Å²) < 4.78 is 0. The summed E-state index contributed by atoms with van der Waals surface area (Å²) in [6.45, 7) is 0. The van der Waals surface area contributed by atoms with Gasteiger partial charge < -0.3 is 5.32 Å². The van der Waals surface area contributed by atoms with Crippen LogP contribution in [0.15, 0.2) is 30.6 Å². The molecule has 5 aliphatic rings. The average molecular weight is 388 g/mol. The lowest BCUT2D eigenvalue weighted by Crippen LogP contribution is -2.59. The zero-order valence-corrected chi connectivity index (χ0v) is 17.0. The minimum absolute atomic E-state index is 0.0318. The van der Waals surface area contributed by atoms with Crippen LogP contribution in [0.2, 0.25) is 0 Å². The number of amides is 1. The normalized spacial score (nSPS) is 32.1. The van der Waals surface area contributed by atoms with Gasteiger partial charge in [0.25, 0.3) is 5.91 Å². The Bertz CT molecular complexity index is 931. The Kier molecular flexibility index (Phi) is 4.04. The second-order valence-electron chi connectivity index (χ2n) is 10.1. The average Bonchev–Trinajstić information content (AvgIpc) is 2.72. The topological polar surface area (TPSA) is 54.9 Å². The lowest BCUT2D eigenvalue weighted by Gasteiger charge is -2.56. The van der Waals surface area contributed by atoms with Gasteiger partial charge in [0, 0.05) is 27.9 Å². The first kappa shape index (κ1) is 17.6. The quantitative estimate of drug-likeness (QED) is 0.829. The summed E-state index contributed by atoms with van der Waals surface area (Å²) in [6, 6.07) is 8.04. The summed E-state index contributed by atoms with van der Waals surface area (Å²) in [6.07, 6.45) is 13.8. The Balaban J connectivity index is 1.34. The Hall–Kier alpha value is -2.23. The van der Waals surface area contributed by atoms with Crippen LogP contribution in [0, 0.1) is 17.8 Å². The van der Waals surface area contributed by atoms with Gasteiger partial charge in [-0.25, -0.2) is 9.97 Å². The Morgan fingerprint density at radius 2 is 1.62 bits per heavy atom. The smallest absolute Gasteiger partial charge is 0.252 e. The summed E-state index contributed by atoms with van der Waals surface area (Å²) in [5.41, 5.74) is 5.15. The number of benzene rings is 1. The van der Waals surface area contributed by atoms with Crippen molar-refractivity contribution in [3.05, 3.63) is 47.4 Å². The number of nitrogens with one attached hydrogen (secondary N) is 1. The number of rotatable bonds is 3. The first-order chi connectivity index (χ1) is 14.2. The van der Waals surface area contributed by atoms with E-state index in [1.54, 1.807) is 6.33 Å². The molecule has 0 spiro atoms. The fraction of sp³-hybridized carbons (Fsp3) is 0.560. The highest BCUT2D eigenvalue weighted by Gasteiger charge is 2.51. The molecule has 0 unspecified atom stereocenters. The van der Waals surface area contributed by atoms with Crippen LogP contribution in [0.3, 0.4) is 0 Å². The zero-order valence-electron chi connectivity index (χ0n) is 17.0. The van der Waals surface area contributed by atoms with Crippen LogP contribution in [0.4, 0.5) is 0 Å². The molecule has 0 radical (unpaired) electrons. The van der Waals surface area contributed by atoms with Crippen molar-refractivity contribution in [1.82, 2.24) is 15.3 Å². The molecule has 4 nitrogen and oxygen atoms in total. The Labute approximate surface area is 172 Å². The number of hydrogen-bond donors (Lipinski definition) is 1. The predicted molar refractivity (Wildman–Crippen MR) is 112 cm³/mol. The van der Waals surface area contributed by atoms with E-state index in [-0.39, 0.29) is 11.4 Å². The van der Waals surface area contributed by atoms with E-state index in [9.17, 15) is 4.79 Å². The van der Waals surface area contributed by atoms with Gasteiger partial charge in [-0.15, -0.1) is 0 Å². The maximum atomic E-state index is 13.5. The molecule has 1 heterocycles. The summed E-state index contributed by atoms with van der Waals surface area (Å²) >= 11 is 0. The summed E-state index contributed by atoms with van der Waals surface area (Å²) in [4.78, 5) is 22.7. The van der Waals surface area contributed by atoms with Gasteiger partial charge in [0.05, 0.1) is 5.69 Å². The number of hydrogen-bond acceptors (Lipinski definition) is 3. The van der Waals surface area contributed by atoms with Gasteiger partial charge in [-0.1, -0.05) is 18.2 Å². The van der Waals surface area contributed by atoms with Crippen molar-refractivity contribution < 1.29 is 4.79 Å². The molecule has 0 atom stereocenters. The molecule has 29 heavy (non-hydrogen) atoms. The lowest BCUT2D eigenvalue weighted by molar-refractivity contribution is -0.0166. The van der Waals surface area contributed by atoms with Gasteiger partial charge in [0.15, 0.2) is 0 Å². The SMILES string of the molecule is O=C(NC12CC3CC(CC(C3)C1)C2)c1ccccc1-c1ncnc2c1CCCC2. The minimum Gasteiger partial charge on any atom is -0.347 e. The van der Waals surface area contributed by atoms with Crippen LogP contribution in [-0.4, -0.2) is 21.4 Å². The van der Waals surface area contributed by atoms with Crippen LogP contribution in [0.5, 0.6) is 0 Å². The maximum Gasteiger partial charge on any atom is 0.252 e. The van der Waals surface area contributed by atoms with Gasteiger partial charge >= 0.3 is 0 Å². The molecule has 7 rings (SSSR count). The molecule has 4 saturated carbocycles. The van der Waals surface area contributed by atoms with Crippen LogP contribution in [-0.2, 0) is 12.8 Å². The van der Waals surface area contributed by atoms with Crippen molar-refractivity contribution >= 4 is 5.91 Å². The van der Waals surface area contributed by atoms with Crippen LogP contribution < -0.4 is 5.32 Å². The Morgan fingerprint density at radius 3 is 2.38 bits per heavy atom. The summed E-state index contributed by atoms with van der Waals surface area (Å²) in [5, 5.41) is 3.55. The third-order valence-corrected chi connectivity index (χ3v) is 7.97. The van der Waals surface area contributed by atoms with Crippen LogP contribution in [0.1, 0.15) is 73.0 Å². The minimum atomic E-state index is 0.0318. The van der Waals surface area contributed by atoms with Crippen molar-refractivity contribution in [2.24, 2.45) is 17.8 Å². The van der Waals surface area contributed by atoms with Crippen molar-refractivity contribution in [1.29, 1.82) is 0 Å². The van der Waals surface area contributed by atoms with Crippen LogP contribution >= 0.6 is 0 Å². The van der Waals surface area contributed by atoms with E-state index in [4.69, 9.17) is 0 Å². The zero-order chi connectivity index (χ0) is 19.4. The fourth-order valence-corrected chi connectivity index (χ4v) is 7.21. The van der Waals surface area contributed by atoms with Gasteiger partial charge in [-0.3, -0.25) is 4.79 Å². The van der Waals surface area contributed by atoms with Gasteiger partial charge in [-0.05, 0) is 88.0 Å². The highest BCUT2D eigenvalue weighted by Crippen LogP contribution is 2.55. The molecular weight excluding hydrogens is 358 g/mol. The van der Waals surface area contributed by atoms with Crippen LogP contribution in [0.25, 0.3) is 11.3 Å². The second kappa shape index (κ2) is 6.65. The molecule has 4 heteroatoms. The van der Waals surface area contributed by atoms with E-state index in [0.29, 0.717) is 0 Å². The fourth-order valence-electron chi connectivity index (χ4n) is 7.21. The molecule has 150 valence electrons. The number of aromatic nitrogens is 2. The molecule has 1 aromatic heterocycles. The molecular formula is C25H29N3O. The largest absolute Gasteiger partial charge is 0.347 e. The molecule has 0 saturated heterocycles. The first-order valence-corrected chi connectivity index (χ1v) is 11.4. The number of carbonyl (C=O) groups is 1. The number of nitrogens with zero attached hydrogens (tertiary/aromatic N) is 2. The summed E-state index contributed by atoms with van der Waals surface area (Å²) in [5.74, 6) is 2.56. The van der Waals surface area contributed by atoms with E-state index in [1.165, 1.54) is 56.9 Å². The lowest BCUT2D eigenvalue weighted by atomic mass is 9.53. The maximum absolute atomic E-state index is 13.5. The molecule has 1 N–H and O–H groups in total. The van der Waals surface area contributed by atoms with Gasteiger partial charge in [0.2, 0.25) is 0 Å². The van der Waals surface area contributed by atoms with Gasteiger partial charge in [0.1, 0.15) is 6.33 Å². The monoisotopic (exact) mass is 387 g/mol. The van der Waals surface area contributed by atoms with E-state index < -0.39 is 0 Å². The van der Waals surface area contributed by atoms with Gasteiger partial charge in [-0.2, -0.15) is 0 Å². The molecule has 4 fully saturated rings. The van der Waals surface area contributed by atoms with E-state index in [1.807, 2.05) is 18.2 Å². The second-order valence-corrected chi connectivity index (χ2v) is 10.1. The third-order valence-electron chi connectivity index (χ3n) is 7.97. The molecule has 1 amide bonds. The van der Waals surface area contributed by atoms with Crippen molar-refractivity contribution in [2.75, 3.05) is 0 Å². The highest BCUT2D eigenvalue weighted by atomic mass is 16.1. The number of aryl methyl sites for hydroxylation is 1. The highest BCUT2D eigenvalue weighted by molar-refractivity contribution is 6.01. The summed E-state index contributed by atoms with van der Waals surface area (Å²) in [7, 11) is 0. The van der Waals surface area contributed by atoms with E-state index in [0.717, 1.165) is 53.1 Å². The number of fused-ring (bicyclic) bond motifs is 1. The number of carbonyl (C=O) groups excluding carboxylic acids is 1. The third kappa shape index (κ3) is 2.99. The standard InChI is InChI=1S/C25H29N3O/c29-24(28-25-12-16-9-17(13-25)11-18(10-16)14-25)20-6-2-1-5-19(20)23-21-7-3-4-8-22(21)26-15-27-23/h1-2,5-6,15-18H,3-4,7-14H2,(H,28,29). The molecule has 5 aliphatic carbocycles. The Morgan fingerprint density at radius 1 is 0.931 bits per heavy atom. The van der Waals surface area contributed by atoms with Crippen molar-refractivity contribution in [3.8, 4) is 11.3 Å². The molecule has 1 aromatic carbocycles. The molecule has 2 aromatic rings. The molecule has 0 aliphatic heterocycles. The van der Waals surface area contributed by atoms with E-state index in [2.05, 4.69) is 21.4 Å². The van der Waals surface area contributed by atoms with E-state index >= 15 is 0 Å².